The van der Waals surface area contributed by atoms with Crippen molar-refractivity contribution < 1.29 is 9.90 Å². The number of carboxylic acid groups (broad SMARTS) is 1. The first-order valence-electron chi connectivity index (χ1n) is 7.22. The molecular weight excluding hydrogens is 228 g/mol. The molecule has 0 aromatic carbocycles. The maximum absolute atomic E-state index is 11.4. The van der Waals surface area contributed by atoms with Crippen molar-refractivity contribution in [3.05, 3.63) is 0 Å². The van der Waals surface area contributed by atoms with E-state index in [0.717, 1.165) is 13.1 Å². The maximum atomic E-state index is 11.4. The average molecular weight is 256 g/mol. The summed E-state index contributed by atoms with van der Waals surface area (Å²) in [5, 5.41) is 12.4. The van der Waals surface area contributed by atoms with Crippen LogP contribution >= 0.6 is 0 Å². The Labute approximate surface area is 111 Å². The number of hydrogen-bond donors (Lipinski definition) is 2. The molecule has 1 saturated heterocycles. The summed E-state index contributed by atoms with van der Waals surface area (Å²) in [5.41, 5.74) is -0.791. The summed E-state index contributed by atoms with van der Waals surface area (Å²) in [6, 6.07) is 0.590. The van der Waals surface area contributed by atoms with Gasteiger partial charge in [-0.1, -0.05) is 19.8 Å². The SMILES string of the molecule is CCNC(C)(CCN1CCCCCC1C)C(=O)O. The molecule has 1 aliphatic heterocycles. The van der Waals surface area contributed by atoms with E-state index in [1.54, 1.807) is 6.92 Å². The topological polar surface area (TPSA) is 52.6 Å². The van der Waals surface area contributed by atoms with Gasteiger partial charge in [0.05, 0.1) is 0 Å². The van der Waals surface area contributed by atoms with Gasteiger partial charge in [0.1, 0.15) is 5.54 Å². The number of rotatable bonds is 6. The third-order valence-electron chi connectivity index (χ3n) is 4.13. The lowest BCUT2D eigenvalue weighted by Crippen LogP contribution is -2.51. The van der Waals surface area contributed by atoms with Crippen molar-refractivity contribution in [1.82, 2.24) is 10.2 Å². The lowest BCUT2D eigenvalue weighted by molar-refractivity contribution is -0.144. The van der Waals surface area contributed by atoms with Gasteiger partial charge in [-0.15, -0.1) is 0 Å². The minimum atomic E-state index is -0.791. The van der Waals surface area contributed by atoms with Crippen LogP contribution in [0.3, 0.4) is 0 Å². The first-order valence-corrected chi connectivity index (χ1v) is 7.22. The first kappa shape index (κ1) is 15.4. The van der Waals surface area contributed by atoms with Crippen LogP contribution in [0.15, 0.2) is 0 Å². The normalized spacial score (nSPS) is 25.4. The number of nitrogens with zero attached hydrogens (tertiary/aromatic N) is 1. The third kappa shape index (κ3) is 4.25. The van der Waals surface area contributed by atoms with Gasteiger partial charge in [0.2, 0.25) is 0 Å². The van der Waals surface area contributed by atoms with E-state index in [9.17, 15) is 9.90 Å². The molecule has 1 fully saturated rings. The molecule has 4 heteroatoms. The molecule has 106 valence electrons. The summed E-state index contributed by atoms with van der Waals surface area (Å²) in [6.45, 7) is 8.69. The Morgan fingerprint density at radius 2 is 2.17 bits per heavy atom. The zero-order chi connectivity index (χ0) is 13.6. The number of carbonyl (C=O) groups is 1. The number of carboxylic acids is 1. The van der Waals surface area contributed by atoms with E-state index in [1.165, 1.54) is 25.7 Å². The summed E-state index contributed by atoms with van der Waals surface area (Å²) in [7, 11) is 0. The second kappa shape index (κ2) is 7.10. The second-order valence-electron chi connectivity index (χ2n) is 5.65. The fourth-order valence-corrected chi connectivity index (χ4v) is 2.69. The molecule has 2 unspecified atom stereocenters. The molecule has 0 saturated carbocycles. The average Bonchev–Trinajstić information content (AvgIpc) is 2.51. The Bertz CT molecular complexity index is 271. The largest absolute Gasteiger partial charge is 0.480 e. The number of nitrogens with one attached hydrogen (secondary N) is 1. The van der Waals surface area contributed by atoms with E-state index in [1.807, 2.05) is 6.92 Å². The molecule has 1 rings (SSSR count). The Balaban J connectivity index is 2.52. The van der Waals surface area contributed by atoms with Crippen LogP contribution in [0, 0.1) is 0 Å². The Morgan fingerprint density at radius 3 is 2.78 bits per heavy atom. The summed E-state index contributed by atoms with van der Waals surface area (Å²) >= 11 is 0. The molecule has 0 amide bonds. The molecule has 1 heterocycles. The van der Waals surface area contributed by atoms with Crippen molar-refractivity contribution in [1.29, 1.82) is 0 Å². The zero-order valence-electron chi connectivity index (χ0n) is 12.0. The van der Waals surface area contributed by atoms with E-state index < -0.39 is 11.5 Å². The van der Waals surface area contributed by atoms with Gasteiger partial charge in [0, 0.05) is 12.6 Å². The van der Waals surface area contributed by atoms with Gasteiger partial charge in [0.15, 0.2) is 0 Å². The van der Waals surface area contributed by atoms with Gasteiger partial charge in [-0.05, 0) is 46.2 Å². The standard InChI is InChI=1S/C14H28N2O2/c1-4-15-14(3,13(17)18)9-11-16-10-7-5-6-8-12(16)2/h12,15H,4-11H2,1-3H3,(H,17,18). The van der Waals surface area contributed by atoms with Crippen molar-refractivity contribution in [2.45, 2.75) is 64.5 Å². The molecule has 0 bridgehead atoms. The minimum absolute atomic E-state index is 0.590. The van der Waals surface area contributed by atoms with Crippen molar-refractivity contribution in [3.63, 3.8) is 0 Å². The predicted octanol–water partition coefficient (Wildman–Crippen LogP) is 2.09. The Morgan fingerprint density at radius 1 is 1.44 bits per heavy atom. The highest BCUT2D eigenvalue weighted by Gasteiger charge is 2.32. The lowest BCUT2D eigenvalue weighted by atomic mass is 9.97. The van der Waals surface area contributed by atoms with Crippen LogP contribution < -0.4 is 5.32 Å². The fourth-order valence-electron chi connectivity index (χ4n) is 2.69. The van der Waals surface area contributed by atoms with Gasteiger partial charge in [-0.2, -0.15) is 0 Å². The summed E-state index contributed by atoms with van der Waals surface area (Å²) < 4.78 is 0. The maximum Gasteiger partial charge on any atom is 0.323 e. The second-order valence-corrected chi connectivity index (χ2v) is 5.65. The van der Waals surface area contributed by atoms with Crippen molar-refractivity contribution in [2.24, 2.45) is 0 Å². The fraction of sp³-hybridized carbons (Fsp3) is 0.929. The van der Waals surface area contributed by atoms with Crippen LogP contribution in [0.1, 0.15) is 52.9 Å². The number of likely N-dealkylation sites (tertiary alicyclic amines) is 1. The number of hydrogen-bond acceptors (Lipinski definition) is 3. The van der Waals surface area contributed by atoms with Gasteiger partial charge < -0.3 is 15.3 Å². The number of aliphatic carboxylic acids is 1. The van der Waals surface area contributed by atoms with Crippen LogP contribution in [-0.2, 0) is 4.79 Å². The monoisotopic (exact) mass is 256 g/mol. The highest BCUT2D eigenvalue weighted by molar-refractivity contribution is 5.78. The molecule has 1 aliphatic rings. The van der Waals surface area contributed by atoms with Crippen LogP contribution in [0.25, 0.3) is 0 Å². The molecule has 0 aromatic rings. The van der Waals surface area contributed by atoms with Gasteiger partial charge in [-0.25, -0.2) is 0 Å². The van der Waals surface area contributed by atoms with Crippen LogP contribution in [0.4, 0.5) is 0 Å². The third-order valence-corrected chi connectivity index (χ3v) is 4.13. The molecule has 0 aromatic heterocycles. The van der Waals surface area contributed by atoms with Gasteiger partial charge in [-0.3, -0.25) is 4.79 Å². The lowest BCUT2D eigenvalue weighted by Gasteiger charge is -2.32. The quantitative estimate of drug-likeness (QED) is 0.764. The predicted molar refractivity (Wildman–Crippen MR) is 73.8 cm³/mol. The van der Waals surface area contributed by atoms with Crippen molar-refractivity contribution in [2.75, 3.05) is 19.6 Å². The van der Waals surface area contributed by atoms with Gasteiger partial charge in [0.25, 0.3) is 0 Å². The van der Waals surface area contributed by atoms with E-state index in [0.29, 0.717) is 19.0 Å². The van der Waals surface area contributed by atoms with E-state index >= 15 is 0 Å². The minimum Gasteiger partial charge on any atom is -0.480 e. The molecule has 18 heavy (non-hydrogen) atoms. The molecular formula is C14H28N2O2. The first-order chi connectivity index (χ1) is 8.49. The van der Waals surface area contributed by atoms with Crippen LogP contribution in [0.5, 0.6) is 0 Å². The van der Waals surface area contributed by atoms with Crippen LogP contribution in [0.2, 0.25) is 0 Å². The molecule has 0 radical (unpaired) electrons. The Hall–Kier alpha value is -0.610. The van der Waals surface area contributed by atoms with Gasteiger partial charge >= 0.3 is 5.97 Å². The smallest absolute Gasteiger partial charge is 0.323 e. The van der Waals surface area contributed by atoms with Crippen LogP contribution in [-0.4, -0.2) is 47.2 Å². The Kier molecular flexibility index (Phi) is 6.09. The molecule has 2 atom stereocenters. The summed E-state index contributed by atoms with van der Waals surface area (Å²) in [4.78, 5) is 13.8. The van der Waals surface area contributed by atoms with Crippen molar-refractivity contribution in [3.8, 4) is 0 Å². The van der Waals surface area contributed by atoms with E-state index in [-0.39, 0.29) is 0 Å². The summed E-state index contributed by atoms with van der Waals surface area (Å²) in [6.07, 6.45) is 5.77. The molecule has 4 nitrogen and oxygen atoms in total. The van der Waals surface area contributed by atoms with E-state index in [2.05, 4.69) is 17.1 Å². The molecule has 2 N–H and O–H groups in total. The highest BCUT2D eigenvalue weighted by atomic mass is 16.4. The molecule has 0 aliphatic carbocycles. The van der Waals surface area contributed by atoms with E-state index in [4.69, 9.17) is 0 Å². The number of likely N-dealkylation sites (N-methyl/N-ethyl adjacent to an activating group) is 1. The van der Waals surface area contributed by atoms with Crippen molar-refractivity contribution >= 4 is 5.97 Å². The highest BCUT2D eigenvalue weighted by Crippen LogP contribution is 2.19. The zero-order valence-corrected chi connectivity index (χ0v) is 12.0. The molecule has 0 spiro atoms. The summed E-state index contributed by atoms with van der Waals surface area (Å²) in [5.74, 6) is -0.744.